The maximum Gasteiger partial charge on any atom is -0.00173 e. The Morgan fingerprint density at radius 1 is 1.45 bits per heavy atom. The number of rotatable bonds is 3. The second-order valence-electron chi connectivity index (χ2n) is 4.07. The summed E-state index contributed by atoms with van der Waals surface area (Å²) in [5.41, 5.74) is 0. The van der Waals surface area contributed by atoms with Crippen LogP contribution in [0.3, 0.4) is 0 Å². The highest BCUT2D eigenvalue weighted by atomic mass is 14.9. The zero-order valence-electron chi connectivity index (χ0n) is 8.06. The second-order valence-corrected chi connectivity index (χ2v) is 4.07. The third-order valence-corrected chi connectivity index (χ3v) is 3.03. The molecule has 0 amide bonds. The van der Waals surface area contributed by atoms with Crippen LogP contribution >= 0.6 is 0 Å². The Bertz CT molecular complexity index is 103. The lowest BCUT2D eigenvalue weighted by Gasteiger charge is -2.24. The molecule has 1 aliphatic heterocycles. The second kappa shape index (κ2) is 4.10. The van der Waals surface area contributed by atoms with Crippen LogP contribution in [0, 0.1) is 17.8 Å². The van der Waals surface area contributed by atoms with E-state index in [-0.39, 0.29) is 0 Å². The maximum absolute atomic E-state index is 3.44. The zero-order valence-corrected chi connectivity index (χ0v) is 8.06. The van der Waals surface area contributed by atoms with Crippen molar-refractivity contribution in [3.63, 3.8) is 0 Å². The minimum absolute atomic E-state index is 0.866. The summed E-state index contributed by atoms with van der Waals surface area (Å²) in [6, 6.07) is 0. The van der Waals surface area contributed by atoms with Crippen LogP contribution in [-0.4, -0.2) is 13.1 Å². The third-order valence-electron chi connectivity index (χ3n) is 3.03. The molecule has 0 aromatic heterocycles. The first-order valence-corrected chi connectivity index (χ1v) is 4.96. The van der Waals surface area contributed by atoms with Crippen molar-refractivity contribution in [1.29, 1.82) is 0 Å². The van der Waals surface area contributed by atoms with Crippen molar-refractivity contribution < 1.29 is 0 Å². The summed E-state index contributed by atoms with van der Waals surface area (Å²) in [5.74, 6) is 2.77. The van der Waals surface area contributed by atoms with Crippen LogP contribution in [0.4, 0.5) is 0 Å². The van der Waals surface area contributed by atoms with Crippen LogP contribution < -0.4 is 5.32 Å². The van der Waals surface area contributed by atoms with E-state index in [9.17, 15) is 0 Å². The van der Waals surface area contributed by atoms with Gasteiger partial charge >= 0.3 is 0 Å². The minimum atomic E-state index is 0.866. The molecule has 2 atom stereocenters. The van der Waals surface area contributed by atoms with Crippen molar-refractivity contribution in [2.24, 2.45) is 17.8 Å². The Kier molecular flexibility index (Phi) is 3.38. The molecule has 1 N–H and O–H groups in total. The predicted octanol–water partition coefficient (Wildman–Crippen LogP) is 2.28. The topological polar surface area (TPSA) is 12.0 Å². The molecule has 1 saturated heterocycles. The summed E-state index contributed by atoms with van der Waals surface area (Å²) in [7, 11) is 0. The molecule has 0 bridgehead atoms. The first-order valence-electron chi connectivity index (χ1n) is 4.96. The quantitative estimate of drug-likeness (QED) is 0.659. The molecule has 11 heavy (non-hydrogen) atoms. The molecule has 0 aromatic carbocycles. The van der Waals surface area contributed by atoms with Crippen LogP contribution in [0.25, 0.3) is 0 Å². The molecule has 1 heterocycles. The van der Waals surface area contributed by atoms with Gasteiger partial charge in [-0.3, -0.25) is 0 Å². The fraction of sp³-hybridized carbons (Fsp3) is 1.00. The van der Waals surface area contributed by atoms with E-state index in [0.29, 0.717) is 0 Å². The van der Waals surface area contributed by atoms with Gasteiger partial charge in [-0.25, -0.2) is 0 Å². The average Bonchev–Trinajstić information content (AvgIpc) is 2.40. The van der Waals surface area contributed by atoms with Crippen LogP contribution in [0.5, 0.6) is 0 Å². The molecule has 1 fully saturated rings. The van der Waals surface area contributed by atoms with Gasteiger partial charge in [0.1, 0.15) is 0 Å². The van der Waals surface area contributed by atoms with E-state index in [2.05, 4.69) is 26.1 Å². The maximum atomic E-state index is 3.44. The van der Waals surface area contributed by atoms with Gasteiger partial charge in [0, 0.05) is 0 Å². The van der Waals surface area contributed by atoms with E-state index in [0.717, 1.165) is 17.8 Å². The highest BCUT2D eigenvalue weighted by molar-refractivity contribution is 4.79. The molecule has 0 spiro atoms. The molecular formula is C10H21N. The first kappa shape index (κ1) is 9.05. The van der Waals surface area contributed by atoms with Crippen LogP contribution in [-0.2, 0) is 0 Å². The van der Waals surface area contributed by atoms with Gasteiger partial charge < -0.3 is 5.32 Å². The molecule has 2 unspecified atom stereocenters. The SMILES string of the molecule is CCC(C(C)C)C1CCNC1. The lowest BCUT2D eigenvalue weighted by Crippen LogP contribution is -2.21. The molecule has 1 rings (SSSR count). The molecule has 0 saturated carbocycles. The normalized spacial score (nSPS) is 27.8. The van der Waals surface area contributed by atoms with E-state index in [1.54, 1.807) is 0 Å². The molecule has 66 valence electrons. The third kappa shape index (κ3) is 2.19. The van der Waals surface area contributed by atoms with Gasteiger partial charge in [-0.05, 0) is 37.3 Å². The van der Waals surface area contributed by atoms with Crippen LogP contribution in [0.2, 0.25) is 0 Å². The van der Waals surface area contributed by atoms with Gasteiger partial charge in [0.2, 0.25) is 0 Å². The summed E-state index contributed by atoms with van der Waals surface area (Å²) < 4.78 is 0. The van der Waals surface area contributed by atoms with Gasteiger partial charge in [0.05, 0.1) is 0 Å². The van der Waals surface area contributed by atoms with E-state index in [1.807, 2.05) is 0 Å². The Hall–Kier alpha value is -0.0400. The van der Waals surface area contributed by atoms with Crippen molar-refractivity contribution in [2.75, 3.05) is 13.1 Å². The van der Waals surface area contributed by atoms with Gasteiger partial charge in [-0.2, -0.15) is 0 Å². The largest absolute Gasteiger partial charge is 0.316 e. The monoisotopic (exact) mass is 155 g/mol. The standard InChI is InChI=1S/C10H21N/c1-4-10(8(2)3)9-5-6-11-7-9/h8-11H,4-7H2,1-3H3. The van der Waals surface area contributed by atoms with E-state index in [4.69, 9.17) is 0 Å². The van der Waals surface area contributed by atoms with E-state index < -0.39 is 0 Å². The van der Waals surface area contributed by atoms with Crippen LogP contribution in [0.15, 0.2) is 0 Å². The Balaban J connectivity index is 2.40. The zero-order chi connectivity index (χ0) is 8.27. The molecule has 1 aliphatic rings. The summed E-state index contributed by atoms with van der Waals surface area (Å²) in [6.45, 7) is 9.53. The lowest BCUT2D eigenvalue weighted by atomic mass is 9.81. The number of nitrogens with one attached hydrogen (secondary N) is 1. The van der Waals surface area contributed by atoms with Crippen molar-refractivity contribution >= 4 is 0 Å². The van der Waals surface area contributed by atoms with Gasteiger partial charge in [0.25, 0.3) is 0 Å². The fourth-order valence-electron chi connectivity index (χ4n) is 2.39. The van der Waals surface area contributed by atoms with Gasteiger partial charge in [-0.15, -0.1) is 0 Å². The van der Waals surface area contributed by atoms with E-state index in [1.165, 1.54) is 25.9 Å². The number of hydrogen-bond acceptors (Lipinski definition) is 1. The van der Waals surface area contributed by atoms with Gasteiger partial charge in [-0.1, -0.05) is 27.2 Å². The Morgan fingerprint density at radius 3 is 2.55 bits per heavy atom. The average molecular weight is 155 g/mol. The minimum Gasteiger partial charge on any atom is -0.316 e. The smallest absolute Gasteiger partial charge is 0.00173 e. The summed E-state index contributed by atoms with van der Waals surface area (Å²) in [6.07, 6.45) is 2.75. The molecular weight excluding hydrogens is 134 g/mol. The summed E-state index contributed by atoms with van der Waals surface area (Å²) in [5, 5.41) is 3.44. The van der Waals surface area contributed by atoms with Crippen molar-refractivity contribution in [3.05, 3.63) is 0 Å². The first-order chi connectivity index (χ1) is 5.25. The number of hydrogen-bond donors (Lipinski definition) is 1. The molecule has 0 aromatic rings. The summed E-state index contributed by atoms with van der Waals surface area (Å²) in [4.78, 5) is 0. The highest BCUT2D eigenvalue weighted by Gasteiger charge is 2.25. The Labute approximate surface area is 70.6 Å². The van der Waals surface area contributed by atoms with Crippen molar-refractivity contribution in [2.45, 2.75) is 33.6 Å². The Morgan fingerprint density at radius 2 is 2.18 bits per heavy atom. The molecule has 1 nitrogen and oxygen atoms in total. The molecule has 1 heteroatoms. The fourth-order valence-corrected chi connectivity index (χ4v) is 2.39. The molecule has 0 radical (unpaired) electrons. The van der Waals surface area contributed by atoms with Crippen molar-refractivity contribution in [1.82, 2.24) is 5.32 Å². The molecule has 0 aliphatic carbocycles. The highest BCUT2D eigenvalue weighted by Crippen LogP contribution is 2.28. The lowest BCUT2D eigenvalue weighted by molar-refractivity contribution is 0.261. The van der Waals surface area contributed by atoms with E-state index >= 15 is 0 Å². The van der Waals surface area contributed by atoms with Gasteiger partial charge in [0.15, 0.2) is 0 Å². The van der Waals surface area contributed by atoms with Crippen LogP contribution in [0.1, 0.15) is 33.6 Å². The predicted molar refractivity (Wildman–Crippen MR) is 49.6 cm³/mol. The van der Waals surface area contributed by atoms with Crippen molar-refractivity contribution in [3.8, 4) is 0 Å². The summed E-state index contributed by atoms with van der Waals surface area (Å²) >= 11 is 0.